The van der Waals surface area contributed by atoms with Gasteiger partial charge >= 0.3 is 0 Å². The molecular weight excluding hydrogens is 217 g/mol. The van der Waals surface area contributed by atoms with Crippen molar-refractivity contribution in [2.75, 3.05) is 13.7 Å². The number of rotatable bonds is 7. The molecule has 0 bridgehead atoms. The van der Waals surface area contributed by atoms with E-state index in [1.54, 1.807) is 12.1 Å². The van der Waals surface area contributed by atoms with Crippen LogP contribution in [0.2, 0.25) is 0 Å². The average Bonchev–Trinajstić information content (AvgIpc) is 2.33. The maximum atomic E-state index is 13.1. The molecule has 1 aromatic rings. The topological polar surface area (TPSA) is 21.3 Å². The van der Waals surface area contributed by atoms with Crippen LogP contribution in [0, 0.1) is 5.82 Å². The molecule has 0 fully saturated rings. The van der Waals surface area contributed by atoms with Crippen LogP contribution < -0.4 is 5.32 Å². The minimum atomic E-state index is -0.179. The van der Waals surface area contributed by atoms with Gasteiger partial charge in [-0.15, -0.1) is 0 Å². The molecule has 17 heavy (non-hydrogen) atoms. The lowest BCUT2D eigenvalue weighted by atomic mass is 9.99. The summed E-state index contributed by atoms with van der Waals surface area (Å²) in [5.41, 5.74) is 1.00. The van der Waals surface area contributed by atoms with Gasteiger partial charge in [-0.05, 0) is 44.5 Å². The molecule has 1 aromatic carbocycles. The lowest BCUT2D eigenvalue weighted by Gasteiger charge is -2.26. The highest BCUT2D eigenvalue weighted by Gasteiger charge is 2.18. The van der Waals surface area contributed by atoms with Crippen LogP contribution in [-0.4, -0.2) is 25.8 Å². The van der Waals surface area contributed by atoms with E-state index in [0.717, 1.165) is 18.4 Å². The van der Waals surface area contributed by atoms with Crippen LogP contribution >= 0.6 is 0 Å². The van der Waals surface area contributed by atoms with Crippen molar-refractivity contribution in [2.24, 2.45) is 0 Å². The fourth-order valence-electron chi connectivity index (χ4n) is 2.07. The van der Waals surface area contributed by atoms with Gasteiger partial charge in [-0.25, -0.2) is 4.39 Å². The number of ether oxygens (including phenoxy) is 1. The number of benzene rings is 1. The zero-order chi connectivity index (χ0) is 12.7. The third-order valence-corrected chi connectivity index (χ3v) is 2.95. The quantitative estimate of drug-likeness (QED) is 0.790. The standard InChI is InChI=1S/C14H22FNO/c1-4-14(17-5-2)13(16-3)10-11-7-6-8-12(15)9-11/h6-9,13-14,16H,4-5,10H2,1-3H3. The van der Waals surface area contributed by atoms with Crippen LogP contribution in [0.5, 0.6) is 0 Å². The van der Waals surface area contributed by atoms with E-state index in [0.29, 0.717) is 6.61 Å². The zero-order valence-electron chi connectivity index (χ0n) is 10.9. The number of likely N-dealkylation sites (N-methyl/N-ethyl adjacent to an activating group) is 1. The molecule has 0 heterocycles. The molecule has 0 spiro atoms. The van der Waals surface area contributed by atoms with E-state index < -0.39 is 0 Å². The largest absolute Gasteiger partial charge is 0.377 e. The number of hydrogen-bond donors (Lipinski definition) is 1. The Bertz CT molecular complexity index is 330. The van der Waals surface area contributed by atoms with Gasteiger partial charge in [0.25, 0.3) is 0 Å². The van der Waals surface area contributed by atoms with Crippen LogP contribution in [0.3, 0.4) is 0 Å². The summed E-state index contributed by atoms with van der Waals surface area (Å²) in [6, 6.07) is 6.98. The molecule has 2 unspecified atom stereocenters. The molecule has 0 aliphatic heterocycles. The van der Waals surface area contributed by atoms with Gasteiger partial charge in [-0.2, -0.15) is 0 Å². The maximum Gasteiger partial charge on any atom is 0.123 e. The van der Waals surface area contributed by atoms with Crippen molar-refractivity contribution in [3.8, 4) is 0 Å². The molecule has 3 heteroatoms. The normalized spacial score (nSPS) is 14.6. The van der Waals surface area contributed by atoms with Gasteiger partial charge in [0.2, 0.25) is 0 Å². The summed E-state index contributed by atoms with van der Waals surface area (Å²) >= 11 is 0. The smallest absolute Gasteiger partial charge is 0.123 e. The molecule has 0 saturated heterocycles. The summed E-state index contributed by atoms with van der Waals surface area (Å²) in [5, 5.41) is 3.26. The van der Waals surface area contributed by atoms with E-state index in [-0.39, 0.29) is 18.0 Å². The Morgan fingerprint density at radius 3 is 2.65 bits per heavy atom. The monoisotopic (exact) mass is 239 g/mol. The van der Waals surface area contributed by atoms with Crippen LogP contribution in [0.15, 0.2) is 24.3 Å². The fourth-order valence-corrected chi connectivity index (χ4v) is 2.07. The summed E-state index contributed by atoms with van der Waals surface area (Å²) in [6.45, 7) is 4.81. The minimum Gasteiger partial charge on any atom is -0.377 e. The molecule has 0 aromatic heterocycles. The van der Waals surface area contributed by atoms with Crippen molar-refractivity contribution in [1.29, 1.82) is 0 Å². The van der Waals surface area contributed by atoms with Crippen molar-refractivity contribution in [3.63, 3.8) is 0 Å². The Kier molecular flexibility index (Phi) is 6.16. The highest BCUT2D eigenvalue weighted by atomic mass is 19.1. The number of hydrogen-bond acceptors (Lipinski definition) is 2. The molecule has 96 valence electrons. The third-order valence-electron chi connectivity index (χ3n) is 2.95. The molecule has 1 rings (SSSR count). The predicted octanol–water partition coefficient (Wildman–Crippen LogP) is 2.77. The Morgan fingerprint density at radius 1 is 1.35 bits per heavy atom. The van der Waals surface area contributed by atoms with Gasteiger partial charge in [0.1, 0.15) is 5.82 Å². The van der Waals surface area contributed by atoms with Crippen molar-refractivity contribution < 1.29 is 9.13 Å². The molecular formula is C14H22FNO. The minimum absolute atomic E-state index is 0.174. The molecule has 0 radical (unpaired) electrons. The Morgan fingerprint density at radius 2 is 2.12 bits per heavy atom. The predicted molar refractivity (Wildman–Crippen MR) is 68.7 cm³/mol. The molecule has 0 saturated carbocycles. The van der Waals surface area contributed by atoms with E-state index >= 15 is 0 Å². The second kappa shape index (κ2) is 7.41. The molecule has 0 aliphatic rings. The van der Waals surface area contributed by atoms with E-state index in [1.807, 2.05) is 20.0 Å². The maximum absolute atomic E-state index is 13.1. The summed E-state index contributed by atoms with van der Waals surface area (Å²) in [4.78, 5) is 0. The first kappa shape index (κ1) is 14.1. The first-order chi connectivity index (χ1) is 8.21. The summed E-state index contributed by atoms with van der Waals surface area (Å²) < 4.78 is 18.8. The van der Waals surface area contributed by atoms with Gasteiger partial charge in [0, 0.05) is 12.6 Å². The Hall–Kier alpha value is -0.930. The summed E-state index contributed by atoms with van der Waals surface area (Å²) in [7, 11) is 1.92. The highest BCUT2D eigenvalue weighted by Crippen LogP contribution is 2.12. The van der Waals surface area contributed by atoms with Gasteiger partial charge in [0.15, 0.2) is 0 Å². The van der Waals surface area contributed by atoms with Crippen molar-refractivity contribution in [2.45, 2.75) is 38.8 Å². The van der Waals surface area contributed by atoms with Gasteiger partial charge in [0.05, 0.1) is 6.10 Å². The number of nitrogens with one attached hydrogen (secondary N) is 1. The Balaban J connectivity index is 2.68. The van der Waals surface area contributed by atoms with Crippen molar-refractivity contribution >= 4 is 0 Å². The average molecular weight is 239 g/mol. The van der Waals surface area contributed by atoms with Gasteiger partial charge in [-0.3, -0.25) is 0 Å². The fraction of sp³-hybridized carbons (Fsp3) is 0.571. The van der Waals surface area contributed by atoms with Gasteiger partial charge in [-0.1, -0.05) is 19.1 Å². The van der Waals surface area contributed by atoms with E-state index in [4.69, 9.17) is 4.74 Å². The molecule has 1 N–H and O–H groups in total. The van der Waals surface area contributed by atoms with Crippen LogP contribution in [0.4, 0.5) is 4.39 Å². The molecule has 0 amide bonds. The second-order valence-electron chi connectivity index (χ2n) is 4.13. The summed E-state index contributed by atoms with van der Waals surface area (Å²) in [5.74, 6) is -0.179. The molecule has 2 atom stereocenters. The zero-order valence-corrected chi connectivity index (χ0v) is 10.9. The highest BCUT2D eigenvalue weighted by molar-refractivity contribution is 5.17. The first-order valence-electron chi connectivity index (χ1n) is 6.24. The second-order valence-corrected chi connectivity index (χ2v) is 4.13. The van der Waals surface area contributed by atoms with Crippen LogP contribution in [0.25, 0.3) is 0 Å². The Labute approximate surface area is 103 Å². The van der Waals surface area contributed by atoms with Crippen LogP contribution in [-0.2, 0) is 11.2 Å². The van der Waals surface area contributed by atoms with E-state index in [1.165, 1.54) is 6.07 Å². The SMILES string of the molecule is CCOC(CC)C(Cc1cccc(F)c1)NC. The van der Waals surface area contributed by atoms with E-state index in [2.05, 4.69) is 12.2 Å². The van der Waals surface area contributed by atoms with Crippen LogP contribution in [0.1, 0.15) is 25.8 Å². The lowest BCUT2D eigenvalue weighted by molar-refractivity contribution is 0.0339. The molecule has 2 nitrogen and oxygen atoms in total. The van der Waals surface area contributed by atoms with Gasteiger partial charge < -0.3 is 10.1 Å². The lowest BCUT2D eigenvalue weighted by Crippen LogP contribution is -2.40. The molecule has 0 aliphatic carbocycles. The third kappa shape index (κ3) is 4.44. The summed E-state index contributed by atoms with van der Waals surface area (Å²) in [6.07, 6.45) is 1.91. The van der Waals surface area contributed by atoms with E-state index in [9.17, 15) is 4.39 Å². The van der Waals surface area contributed by atoms with Crippen molar-refractivity contribution in [3.05, 3.63) is 35.6 Å². The number of halogens is 1. The van der Waals surface area contributed by atoms with Crippen molar-refractivity contribution in [1.82, 2.24) is 5.32 Å². The first-order valence-corrected chi connectivity index (χ1v) is 6.24.